The van der Waals surface area contributed by atoms with Crippen LogP contribution in [-0.4, -0.2) is 43.4 Å². The number of carbonyl (C=O) groups excluding carboxylic acids is 3. The number of methoxy groups -OCH3 is 2. The van der Waals surface area contributed by atoms with E-state index < -0.39 is 0 Å². The molecule has 1 aromatic rings. The van der Waals surface area contributed by atoms with Gasteiger partial charge in [-0.05, 0) is 12.8 Å². The molecule has 1 fully saturated rings. The second kappa shape index (κ2) is 7.59. The molecule has 0 radical (unpaired) electrons. The summed E-state index contributed by atoms with van der Waals surface area (Å²) in [6.07, 6.45) is 5.13. The van der Waals surface area contributed by atoms with Gasteiger partial charge in [-0.3, -0.25) is 19.3 Å². The van der Waals surface area contributed by atoms with E-state index in [-0.39, 0.29) is 42.5 Å². The van der Waals surface area contributed by atoms with E-state index in [1.807, 2.05) is 12.2 Å². The van der Waals surface area contributed by atoms with Crippen molar-refractivity contribution in [1.82, 2.24) is 4.90 Å². The molecule has 1 aliphatic heterocycles. The van der Waals surface area contributed by atoms with Crippen molar-refractivity contribution in [2.75, 3.05) is 26.1 Å². The molecular weight excluding hydrogens is 336 g/mol. The highest BCUT2D eigenvalue weighted by Gasteiger charge is 2.46. The van der Waals surface area contributed by atoms with Crippen molar-refractivity contribution in [2.45, 2.75) is 19.3 Å². The zero-order valence-corrected chi connectivity index (χ0v) is 14.9. The molecule has 2 aliphatic rings. The van der Waals surface area contributed by atoms with E-state index in [1.54, 1.807) is 18.2 Å². The van der Waals surface area contributed by atoms with Crippen LogP contribution in [0.25, 0.3) is 0 Å². The lowest BCUT2D eigenvalue weighted by atomic mass is 9.85. The molecule has 0 bridgehead atoms. The quantitative estimate of drug-likeness (QED) is 0.621. The summed E-state index contributed by atoms with van der Waals surface area (Å²) in [6.45, 7) is 0.0948. The van der Waals surface area contributed by atoms with Crippen LogP contribution in [0.5, 0.6) is 11.5 Å². The number of allylic oxidation sites excluding steroid dienone is 2. The van der Waals surface area contributed by atoms with E-state index in [2.05, 4.69) is 5.32 Å². The first-order valence-corrected chi connectivity index (χ1v) is 8.56. The maximum atomic E-state index is 12.4. The van der Waals surface area contributed by atoms with Gasteiger partial charge in [0, 0.05) is 36.9 Å². The van der Waals surface area contributed by atoms with E-state index in [1.165, 1.54) is 19.1 Å². The number of hydrogen-bond donors (Lipinski definition) is 1. The number of imide groups is 1. The summed E-state index contributed by atoms with van der Waals surface area (Å²) in [5.41, 5.74) is 0.531. The van der Waals surface area contributed by atoms with Gasteiger partial charge < -0.3 is 14.8 Å². The number of fused-ring (bicyclic) bond motifs is 1. The molecule has 1 aliphatic carbocycles. The summed E-state index contributed by atoms with van der Waals surface area (Å²) in [4.78, 5) is 38.3. The Hall–Kier alpha value is -2.83. The minimum Gasteiger partial charge on any atom is -0.497 e. The van der Waals surface area contributed by atoms with Gasteiger partial charge in [-0.15, -0.1) is 0 Å². The minimum absolute atomic E-state index is 0.0455. The van der Waals surface area contributed by atoms with Gasteiger partial charge in [0.05, 0.1) is 26.1 Å². The lowest BCUT2D eigenvalue weighted by Gasteiger charge is -2.15. The highest BCUT2D eigenvalue weighted by atomic mass is 16.5. The molecule has 1 saturated heterocycles. The topological polar surface area (TPSA) is 84.9 Å². The van der Waals surface area contributed by atoms with Crippen LogP contribution in [0, 0.1) is 11.8 Å². The van der Waals surface area contributed by atoms with E-state index in [4.69, 9.17) is 9.47 Å². The lowest BCUT2D eigenvalue weighted by Crippen LogP contribution is -2.34. The Morgan fingerprint density at radius 3 is 2.08 bits per heavy atom. The molecule has 7 nitrogen and oxygen atoms in total. The van der Waals surface area contributed by atoms with Crippen molar-refractivity contribution in [3.63, 3.8) is 0 Å². The van der Waals surface area contributed by atoms with Crippen LogP contribution in [-0.2, 0) is 14.4 Å². The molecule has 138 valence electrons. The van der Waals surface area contributed by atoms with Crippen molar-refractivity contribution in [2.24, 2.45) is 11.8 Å². The first-order chi connectivity index (χ1) is 12.5. The highest BCUT2D eigenvalue weighted by Crippen LogP contribution is 2.35. The third-order valence-electron chi connectivity index (χ3n) is 4.80. The van der Waals surface area contributed by atoms with Crippen molar-refractivity contribution in [3.05, 3.63) is 30.4 Å². The fourth-order valence-electron chi connectivity index (χ4n) is 3.41. The number of benzene rings is 1. The van der Waals surface area contributed by atoms with Gasteiger partial charge in [0.1, 0.15) is 11.5 Å². The van der Waals surface area contributed by atoms with Crippen LogP contribution in [0.1, 0.15) is 19.3 Å². The fourth-order valence-corrected chi connectivity index (χ4v) is 3.41. The van der Waals surface area contributed by atoms with Crippen molar-refractivity contribution in [1.29, 1.82) is 0 Å². The number of amides is 3. The molecule has 0 aromatic heterocycles. The Bertz CT molecular complexity index is 710. The lowest BCUT2D eigenvalue weighted by molar-refractivity contribution is -0.140. The number of carbonyl (C=O) groups is 3. The van der Waals surface area contributed by atoms with Crippen LogP contribution in [0.15, 0.2) is 30.4 Å². The van der Waals surface area contributed by atoms with Crippen molar-refractivity contribution < 1.29 is 23.9 Å². The van der Waals surface area contributed by atoms with E-state index in [0.29, 0.717) is 30.0 Å². The third-order valence-corrected chi connectivity index (χ3v) is 4.80. The number of nitrogens with zero attached hydrogens (tertiary/aromatic N) is 1. The van der Waals surface area contributed by atoms with Gasteiger partial charge in [0.25, 0.3) is 0 Å². The van der Waals surface area contributed by atoms with Crippen LogP contribution in [0.4, 0.5) is 5.69 Å². The standard InChI is InChI=1S/C19H22N2O5/c1-25-13-9-12(10-14(11-13)26-2)20-17(22)7-8-21-18(23)15-5-3-4-6-16(15)19(21)24/h3-4,9-11,15-16H,5-8H2,1-2H3,(H,20,22)/t15-,16+. The Morgan fingerprint density at radius 1 is 1.04 bits per heavy atom. The zero-order chi connectivity index (χ0) is 18.7. The SMILES string of the molecule is COc1cc(NC(=O)CCN2C(=O)[C@H]3CC=CC[C@H]3C2=O)cc(OC)c1. The molecule has 2 atom stereocenters. The van der Waals surface area contributed by atoms with Crippen LogP contribution in [0.3, 0.4) is 0 Å². The van der Waals surface area contributed by atoms with E-state index >= 15 is 0 Å². The molecule has 1 aromatic carbocycles. The molecule has 7 heteroatoms. The number of anilines is 1. The molecule has 0 saturated carbocycles. The summed E-state index contributed by atoms with van der Waals surface area (Å²) in [6, 6.07) is 5.05. The van der Waals surface area contributed by atoms with Gasteiger partial charge in [0.2, 0.25) is 17.7 Å². The van der Waals surface area contributed by atoms with Crippen LogP contribution in [0.2, 0.25) is 0 Å². The molecule has 0 unspecified atom stereocenters. The Balaban J connectivity index is 1.59. The maximum Gasteiger partial charge on any atom is 0.233 e. The van der Waals surface area contributed by atoms with Gasteiger partial charge in [-0.1, -0.05) is 12.2 Å². The van der Waals surface area contributed by atoms with Gasteiger partial charge >= 0.3 is 0 Å². The predicted molar refractivity (Wildman–Crippen MR) is 94.9 cm³/mol. The van der Waals surface area contributed by atoms with Crippen molar-refractivity contribution in [3.8, 4) is 11.5 Å². The number of likely N-dealkylation sites (tertiary alicyclic amines) is 1. The molecule has 1 N–H and O–H groups in total. The predicted octanol–water partition coefficient (Wildman–Crippen LogP) is 1.98. The molecular formula is C19H22N2O5. The maximum absolute atomic E-state index is 12.4. The average molecular weight is 358 g/mol. The number of nitrogens with one attached hydrogen (secondary N) is 1. The molecule has 3 rings (SSSR count). The third kappa shape index (κ3) is 3.56. The second-order valence-electron chi connectivity index (χ2n) is 6.38. The summed E-state index contributed by atoms with van der Waals surface area (Å²) >= 11 is 0. The average Bonchev–Trinajstić information content (AvgIpc) is 2.90. The first kappa shape index (κ1) is 18.0. The van der Waals surface area contributed by atoms with Crippen molar-refractivity contribution >= 4 is 23.4 Å². The summed E-state index contributed by atoms with van der Waals surface area (Å²) in [5.74, 6) is -0.0343. The molecule has 1 heterocycles. The van der Waals surface area contributed by atoms with Gasteiger partial charge in [-0.2, -0.15) is 0 Å². The zero-order valence-electron chi connectivity index (χ0n) is 14.9. The number of ether oxygens (including phenoxy) is 2. The summed E-state index contributed by atoms with van der Waals surface area (Å²) in [7, 11) is 3.05. The molecule has 3 amide bonds. The van der Waals surface area contributed by atoms with Crippen LogP contribution < -0.4 is 14.8 Å². The Kier molecular flexibility index (Phi) is 5.25. The Labute approximate surface area is 151 Å². The minimum atomic E-state index is -0.283. The van der Waals surface area contributed by atoms with E-state index in [0.717, 1.165) is 0 Å². The molecule has 0 spiro atoms. The number of hydrogen-bond acceptors (Lipinski definition) is 5. The highest BCUT2D eigenvalue weighted by molar-refractivity contribution is 6.05. The van der Waals surface area contributed by atoms with Gasteiger partial charge in [-0.25, -0.2) is 0 Å². The molecule has 26 heavy (non-hydrogen) atoms. The van der Waals surface area contributed by atoms with Crippen LogP contribution >= 0.6 is 0 Å². The largest absolute Gasteiger partial charge is 0.497 e. The fraction of sp³-hybridized carbons (Fsp3) is 0.421. The summed E-state index contributed by atoms with van der Waals surface area (Å²) in [5, 5.41) is 2.75. The van der Waals surface area contributed by atoms with Gasteiger partial charge in [0.15, 0.2) is 0 Å². The summed E-state index contributed by atoms with van der Waals surface area (Å²) < 4.78 is 10.3. The number of rotatable bonds is 6. The monoisotopic (exact) mass is 358 g/mol. The Morgan fingerprint density at radius 2 is 1.58 bits per heavy atom. The first-order valence-electron chi connectivity index (χ1n) is 8.56. The normalized spacial score (nSPS) is 21.5. The second-order valence-corrected chi connectivity index (χ2v) is 6.38. The smallest absolute Gasteiger partial charge is 0.233 e. The van der Waals surface area contributed by atoms with E-state index in [9.17, 15) is 14.4 Å².